The van der Waals surface area contributed by atoms with Crippen LogP contribution in [0.25, 0.3) is 0 Å². The molecule has 4 heterocycles. The number of aromatic nitrogens is 1. The Hall–Kier alpha value is -1.66. The number of cyclic esters (lactones) is 1. The minimum absolute atomic E-state index is 0.0463. The van der Waals surface area contributed by atoms with E-state index in [4.69, 9.17) is 4.74 Å². The SMILES string of the molecule is Cc1cnccc1N1CCN(CC2CC3(CCNCC3)C(=O)O2)CC1. The number of rotatable bonds is 3. The molecule has 3 aliphatic rings. The van der Waals surface area contributed by atoms with Crippen molar-refractivity contribution in [2.75, 3.05) is 50.7 Å². The molecule has 1 atom stereocenters. The van der Waals surface area contributed by atoms with Gasteiger partial charge < -0.3 is 15.0 Å². The van der Waals surface area contributed by atoms with Crippen LogP contribution in [0.1, 0.15) is 24.8 Å². The van der Waals surface area contributed by atoms with Gasteiger partial charge in [0.15, 0.2) is 0 Å². The van der Waals surface area contributed by atoms with Crippen molar-refractivity contribution >= 4 is 11.7 Å². The molecule has 0 saturated carbocycles. The van der Waals surface area contributed by atoms with Gasteiger partial charge in [-0.3, -0.25) is 14.7 Å². The molecule has 3 fully saturated rings. The van der Waals surface area contributed by atoms with Crippen molar-refractivity contribution in [2.45, 2.75) is 32.3 Å². The number of anilines is 1. The summed E-state index contributed by atoms with van der Waals surface area (Å²) < 4.78 is 5.76. The Morgan fingerprint density at radius 1 is 1.28 bits per heavy atom. The molecule has 25 heavy (non-hydrogen) atoms. The standard InChI is InChI=1S/C19H28N4O2/c1-15-13-21-5-2-17(15)23-10-8-22(9-11-23)14-16-12-19(18(24)25-16)3-6-20-7-4-19/h2,5,13,16,20H,3-4,6-12,14H2,1H3. The smallest absolute Gasteiger partial charge is 0.312 e. The molecular weight excluding hydrogens is 316 g/mol. The summed E-state index contributed by atoms with van der Waals surface area (Å²) >= 11 is 0. The Balaban J connectivity index is 1.31. The van der Waals surface area contributed by atoms with Gasteiger partial charge in [-0.05, 0) is 44.5 Å². The van der Waals surface area contributed by atoms with Crippen LogP contribution in [-0.2, 0) is 9.53 Å². The van der Waals surface area contributed by atoms with Gasteiger partial charge >= 0.3 is 5.97 Å². The monoisotopic (exact) mass is 344 g/mol. The highest BCUT2D eigenvalue weighted by atomic mass is 16.6. The van der Waals surface area contributed by atoms with Crippen molar-refractivity contribution in [3.63, 3.8) is 0 Å². The average molecular weight is 344 g/mol. The van der Waals surface area contributed by atoms with Crippen LogP contribution in [0.4, 0.5) is 5.69 Å². The average Bonchev–Trinajstić information content (AvgIpc) is 2.91. The fourth-order valence-corrected chi connectivity index (χ4v) is 4.53. The van der Waals surface area contributed by atoms with Crippen LogP contribution in [0.15, 0.2) is 18.5 Å². The van der Waals surface area contributed by atoms with Crippen LogP contribution in [-0.4, -0.2) is 67.8 Å². The zero-order chi connectivity index (χ0) is 17.3. The van der Waals surface area contributed by atoms with Crippen LogP contribution in [0.5, 0.6) is 0 Å². The second-order valence-corrected chi connectivity index (χ2v) is 7.71. The van der Waals surface area contributed by atoms with Crippen molar-refractivity contribution in [1.82, 2.24) is 15.2 Å². The summed E-state index contributed by atoms with van der Waals surface area (Å²) in [5.41, 5.74) is 2.32. The maximum atomic E-state index is 12.4. The number of carbonyl (C=O) groups excluding carboxylic acids is 1. The topological polar surface area (TPSA) is 57.7 Å². The van der Waals surface area contributed by atoms with E-state index in [0.29, 0.717) is 0 Å². The highest BCUT2D eigenvalue weighted by Gasteiger charge is 2.49. The highest BCUT2D eigenvalue weighted by molar-refractivity contribution is 5.79. The number of esters is 1. The molecule has 0 bridgehead atoms. The van der Waals surface area contributed by atoms with Crippen LogP contribution >= 0.6 is 0 Å². The molecule has 1 aromatic heterocycles. The molecule has 0 aromatic carbocycles. The molecular formula is C19H28N4O2. The normalized spacial score (nSPS) is 26.8. The lowest BCUT2D eigenvalue weighted by molar-refractivity contribution is -0.150. The molecule has 1 N–H and O–H groups in total. The van der Waals surface area contributed by atoms with Gasteiger partial charge in [0.25, 0.3) is 0 Å². The number of nitrogens with zero attached hydrogens (tertiary/aromatic N) is 3. The first-order valence-corrected chi connectivity index (χ1v) is 9.46. The van der Waals surface area contributed by atoms with E-state index in [1.807, 2.05) is 12.4 Å². The summed E-state index contributed by atoms with van der Waals surface area (Å²) in [6, 6.07) is 2.10. The zero-order valence-corrected chi connectivity index (χ0v) is 15.0. The number of hydrogen-bond donors (Lipinski definition) is 1. The van der Waals surface area contributed by atoms with Gasteiger partial charge in [-0.25, -0.2) is 0 Å². The second kappa shape index (κ2) is 6.92. The Morgan fingerprint density at radius 3 is 2.76 bits per heavy atom. The fourth-order valence-electron chi connectivity index (χ4n) is 4.53. The molecule has 6 heteroatoms. The number of nitrogens with one attached hydrogen (secondary N) is 1. The number of piperazine rings is 1. The molecule has 0 radical (unpaired) electrons. The molecule has 3 saturated heterocycles. The summed E-state index contributed by atoms with van der Waals surface area (Å²) in [5, 5.41) is 3.35. The number of hydrogen-bond acceptors (Lipinski definition) is 6. The minimum Gasteiger partial charge on any atom is -0.461 e. The molecule has 4 rings (SSSR count). The van der Waals surface area contributed by atoms with E-state index in [1.54, 1.807) is 0 Å². The lowest BCUT2D eigenvalue weighted by Crippen LogP contribution is -2.48. The molecule has 1 aromatic rings. The van der Waals surface area contributed by atoms with Gasteiger partial charge in [0, 0.05) is 57.2 Å². The number of carbonyl (C=O) groups is 1. The van der Waals surface area contributed by atoms with Gasteiger partial charge in [-0.1, -0.05) is 0 Å². The van der Waals surface area contributed by atoms with E-state index < -0.39 is 0 Å². The van der Waals surface area contributed by atoms with Gasteiger partial charge in [-0.2, -0.15) is 0 Å². The summed E-state index contributed by atoms with van der Waals surface area (Å²) in [5.74, 6) is 0.0463. The quantitative estimate of drug-likeness (QED) is 0.832. The predicted molar refractivity (Wildman–Crippen MR) is 96.7 cm³/mol. The third-order valence-corrected chi connectivity index (χ3v) is 6.05. The van der Waals surface area contributed by atoms with Gasteiger partial charge in [-0.15, -0.1) is 0 Å². The van der Waals surface area contributed by atoms with E-state index in [-0.39, 0.29) is 17.5 Å². The third-order valence-electron chi connectivity index (χ3n) is 6.05. The molecule has 6 nitrogen and oxygen atoms in total. The zero-order valence-electron chi connectivity index (χ0n) is 15.0. The van der Waals surface area contributed by atoms with E-state index in [9.17, 15) is 4.79 Å². The van der Waals surface area contributed by atoms with Crippen LogP contribution in [0.2, 0.25) is 0 Å². The number of piperidine rings is 1. The Morgan fingerprint density at radius 2 is 2.04 bits per heavy atom. The second-order valence-electron chi connectivity index (χ2n) is 7.71. The van der Waals surface area contributed by atoms with Gasteiger partial charge in [0.2, 0.25) is 0 Å². The maximum Gasteiger partial charge on any atom is 0.312 e. The third kappa shape index (κ3) is 3.37. The molecule has 136 valence electrons. The van der Waals surface area contributed by atoms with Crippen molar-refractivity contribution in [1.29, 1.82) is 0 Å². The largest absolute Gasteiger partial charge is 0.461 e. The van der Waals surface area contributed by atoms with Crippen LogP contribution < -0.4 is 10.2 Å². The van der Waals surface area contributed by atoms with Crippen LogP contribution in [0.3, 0.4) is 0 Å². The molecule has 0 amide bonds. The number of aryl methyl sites for hydroxylation is 1. The maximum absolute atomic E-state index is 12.4. The minimum atomic E-state index is -0.202. The predicted octanol–water partition coefficient (Wildman–Crippen LogP) is 1.20. The van der Waals surface area contributed by atoms with E-state index in [0.717, 1.165) is 65.1 Å². The molecule has 1 unspecified atom stereocenters. The Labute approximate surface area is 149 Å². The van der Waals surface area contributed by atoms with Gasteiger partial charge in [0.05, 0.1) is 5.41 Å². The summed E-state index contributed by atoms with van der Waals surface area (Å²) in [7, 11) is 0. The van der Waals surface area contributed by atoms with E-state index in [1.165, 1.54) is 11.3 Å². The highest BCUT2D eigenvalue weighted by Crippen LogP contribution is 2.41. The number of ether oxygens (including phenoxy) is 1. The van der Waals surface area contributed by atoms with Crippen molar-refractivity contribution < 1.29 is 9.53 Å². The lowest BCUT2D eigenvalue weighted by Gasteiger charge is -2.37. The first-order chi connectivity index (χ1) is 12.2. The lowest BCUT2D eigenvalue weighted by atomic mass is 9.76. The van der Waals surface area contributed by atoms with E-state index >= 15 is 0 Å². The Bertz CT molecular complexity index is 622. The first kappa shape index (κ1) is 16.8. The van der Waals surface area contributed by atoms with Crippen LogP contribution in [0, 0.1) is 12.3 Å². The number of pyridine rings is 1. The van der Waals surface area contributed by atoms with Crippen molar-refractivity contribution in [3.8, 4) is 0 Å². The molecule has 3 aliphatic heterocycles. The molecule has 0 aliphatic carbocycles. The summed E-state index contributed by atoms with van der Waals surface area (Å²) in [6.07, 6.45) is 6.62. The molecule has 1 spiro atoms. The van der Waals surface area contributed by atoms with Gasteiger partial charge in [0.1, 0.15) is 6.10 Å². The fraction of sp³-hybridized carbons (Fsp3) is 0.684. The first-order valence-electron chi connectivity index (χ1n) is 9.46. The Kier molecular flexibility index (Phi) is 4.65. The van der Waals surface area contributed by atoms with Crippen molar-refractivity contribution in [2.24, 2.45) is 5.41 Å². The summed E-state index contributed by atoms with van der Waals surface area (Å²) in [4.78, 5) is 21.5. The summed E-state index contributed by atoms with van der Waals surface area (Å²) in [6.45, 7) is 8.93. The van der Waals surface area contributed by atoms with E-state index in [2.05, 4.69) is 33.1 Å². The van der Waals surface area contributed by atoms with Crippen molar-refractivity contribution in [3.05, 3.63) is 24.0 Å².